The smallest absolute Gasteiger partial charge is 0.242 e. The van der Waals surface area contributed by atoms with Gasteiger partial charge in [-0.1, -0.05) is 33.6 Å². The van der Waals surface area contributed by atoms with Crippen molar-refractivity contribution < 1.29 is 4.74 Å². The standard InChI is InChI=1S/C17H30N4O/c1-4-8-14-20-16(15(18)17(21-14)22-11-5-2)19-13-10-7-6-9-12(13)3/h12-13H,4-11,18H2,1-3H3,(H,19,20,21). The number of hydrogen-bond acceptors (Lipinski definition) is 5. The zero-order chi connectivity index (χ0) is 15.9. The number of rotatable bonds is 7. The van der Waals surface area contributed by atoms with E-state index >= 15 is 0 Å². The van der Waals surface area contributed by atoms with E-state index in [1.54, 1.807) is 0 Å². The highest BCUT2D eigenvalue weighted by molar-refractivity contribution is 5.67. The molecule has 1 aliphatic rings. The topological polar surface area (TPSA) is 73.1 Å². The van der Waals surface area contributed by atoms with Crippen molar-refractivity contribution in [2.24, 2.45) is 5.92 Å². The second-order valence-corrected chi connectivity index (χ2v) is 6.32. The predicted molar refractivity (Wildman–Crippen MR) is 91.3 cm³/mol. The molecule has 2 atom stereocenters. The van der Waals surface area contributed by atoms with Crippen LogP contribution < -0.4 is 15.8 Å². The molecule has 0 saturated heterocycles. The maximum absolute atomic E-state index is 6.24. The quantitative estimate of drug-likeness (QED) is 0.801. The first kappa shape index (κ1) is 16.8. The molecule has 5 heteroatoms. The third kappa shape index (κ3) is 4.24. The molecular formula is C17H30N4O. The third-order valence-corrected chi connectivity index (χ3v) is 4.31. The summed E-state index contributed by atoms with van der Waals surface area (Å²) >= 11 is 0. The first-order valence-corrected chi connectivity index (χ1v) is 8.71. The van der Waals surface area contributed by atoms with E-state index in [4.69, 9.17) is 10.5 Å². The van der Waals surface area contributed by atoms with E-state index in [9.17, 15) is 0 Å². The van der Waals surface area contributed by atoms with Gasteiger partial charge in [0.2, 0.25) is 5.88 Å². The fourth-order valence-electron chi connectivity index (χ4n) is 2.95. The van der Waals surface area contributed by atoms with Crippen LogP contribution in [0.15, 0.2) is 0 Å². The lowest BCUT2D eigenvalue weighted by atomic mass is 9.86. The highest BCUT2D eigenvalue weighted by Crippen LogP contribution is 2.31. The van der Waals surface area contributed by atoms with Crippen molar-refractivity contribution in [3.05, 3.63) is 5.82 Å². The maximum atomic E-state index is 6.24. The molecule has 1 saturated carbocycles. The number of anilines is 2. The Bertz CT molecular complexity index is 478. The van der Waals surface area contributed by atoms with Crippen LogP contribution in [0, 0.1) is 5.92 Å². The van der Waals surface area contributed by atoms with E-state index in [2.05, 4.69) is 36.1 Å². The molecule has 3 N–H and O–H groups in total. The highest BCUT2D eigenvalue weighted by Gasteiger charge is 2.23. The Balaban J connectivity index is 2.21. The molecule has 2 unspecified atom stereocenters. The Kier molecular flexibility index (Phi) is 6.28. The molecule has 0 radical (unpaired) electrons. The molecule has 0 spiro atoms. The molecule has 1 aliphatic carbocycles. The highest BCUT2D eigenvalue weighted by atomic mass is 16.5. The van der Waals surface area contributed by atoms with Gasteiger partial charge < -0.3 is 15.8 Å². The van der Waals surface area contributed by atoms with Crippen molar-refractivity contribution in [2.45, 2.75) is 71.8 Å². The molecule has 0 amide bonds. The van der Waals surface area contributed by atoms with Crippen LogP contribution >= 0.6 is 0 Å². The number of aromatic nitrogens is 2. The second-order valence-electron chi connectivity index (χ2n) is 6.32. The molecule has 1 aromatic rings. The maximum Gasteiger partial charge on any atom is 0.242 e. The van der Waals surface area contributed by atoms with Crippen LogP contribution in [0.1, 0.15) is 65.1 Å². The monoisotopic (exact) mass is 306 g/mol. The molecule has 1 heterocycles. The van der Waals surface area contributed by atoms with Gasteiger partial charge >= 0.3 is 0 Å². The molecular weight excluding hydrogens is 276 g/mol. The van der Waals surface area contributed by atoms with Crippen molar-refractivity contribution in [1.82, 2.24) is 9.97 Å². The van der Waals surface area contributed by atoms with E-state index < -0.39 is 0 Å². The number of nitrogens with zero attached hydrogens (tertiary/aromatic N) is 2. The van der Waals surface area contributed by atoms with Gasteiger partial charge in [-0.05, 0) is 31.6 Å². The lowest BCUT2D eigenvalue weighted by Crippen LogP contribution is -2.31. The first-order valence-electron chi connectivity index (χ1n) is 8.71. The lowest BCUT2D eigenvalue weighted by molar-refractivity contribution is 0.305. The molecule has 124 valence electrons. The SMILES string of the molecule is CCCOc1nc(CCC)nc(NC2CCCCC2C)c1N. The van der Waals surface area contributed by atoms with Gasteiger partial charge in [0.15, 0.2) is 5.82 Å². The summed E-state index contributed by atoms with van der Waals surface area (Å²) in [5, 5.41) is 3.56. The molecule has 1 aromatic heterocycles. The van der Waals surface area contributed by atoms with Crippen LogP contribution in [-0.2, 0) is 6.42 Å². The molecule has 22 heavy (non-hydrogen) atoms. The van der Waals surface area contributed by atoms with Crippen LogP contribution in [0.5, 0.6) is 5.88 Å². The molecule has 5 nitrogen and oxygen atoms in total. The Hall–Kier alpha value is -1.52. The summed E-state index contributed by atoms with van der Waals surface area (Å²) in [4.78, 5) is 9.11. The van der Waals surface area contributed by atoms with Gasteiger partial charge in [-0.25, -0.2) is 4.98 Å². The summed E-state index contributed by atoms with van der Waals surface area (Å²) in [5.74, 6) is 2.75. The van der Waals surface area contributed by atoms with E-state index in [1.165, 1.54) is 25.7 Å². The van der Waals surface area contributed by atoms with Crippen molar-refractivity contribution in [1.29, 1.82) is 0 Å². The molecule has 1 fully saturated rings. The fourth-order valence-corrected chi connectivity index (χ4v) is 2.95. The van der Waals surface area contributed by atoms with Gasteiger partial charge in [0, 0.05) is 12.5 Å². The zero-order valence-corrected chi connectivity index (χ0v) is 14.2. The van der Waals surface area contributed by atoms with Crippen molar-refractivity contribution >= 4 is 11.5 Å². The number of aryl methyl sites for hydroxylation is 1. The van der Waals surface area contributed by atoms with Crippen LogP contribution in [0.2, 0.25) is 0 Å². The molecule has 2 rings (SSSR count). The van der Waals surface area contributed by atoms with Crippen LogP contribution in [0.4, 0.5) is 11.5 Å². The van der Waals surface area contributed by atoms with Crippen molar-refractivity contribution in [3.63, 3.8) is 0 Å². The van der Waals surface area contributed by atoms with E-state index in [0.29, 0.717) is 30.1 Å². The van der Waals surface area contributed by atoms with Crippen LogP contribution in [0.25, 0.3) is 0 Å². The largest absolute Gasteiger partial charge is 0.476 e. The fraction of sp³-hybridized carbons (Fsp3) is 0.765. The van der Waals surface area contributed by atoms with E-state index in [0.717, 1.165) is 30.9 Å². The average molecular weight is 306 g/mol. The van der Waals surface area contributed by atoms with E-state index in [-0.39, 0.29) is 0 Å². The minimum absolute atomic E-state index is 0.444. The summed E-state index contributed by atoms with van der Waals surface area (Å²) in [5.41, 5.74) is 6.79. The first-order chi connectivity index (χ1) is 10.7. The Morgan fingerprint density at radius 2 is 1.95 bits per heavy atom. The summed E-state index contributed by atoms with van der Waals surface area (Å²) in [6.45, 7) is 7.14. The van der Waals surface area contributed by atoms with Gasteiger partial charge in [0.05, 0.1) is 6.61 Å². The van der Waals surface area contributed by atoms with Crippen LogP contribution in [-0.4, -0.2) is 22.6 Å². The van der Waals surface area contributed by atoms with Gasteiger partial charge in [0.1, 0.15) is 11.5 Å². The lowest BCUT2D eigenvalue weighted by Gasteiger charge is -2.30. The molecule has 0 aliphatic heterocycles. The summed E-state index contributed by atoms with van der Waals surface area (Å²) in [7, 11) is 0. The van der Waals surface area contributed by atoms with E-state index in [1.807, 2.05) is 0 Å². The van der Waals surface area contributed by atoms with Gasteiger partial charge in [-0.2, -0.15) is 4.98 Å². The number of nitrogens with one attached hydrogen (secondary N) is 1. The Labute approximate surface area is 134 Å². The summed E-state index contributed by atoms with van der Waals surface area (Å²) in [6.07, 6.45) is 7.84. The Morgan fingerprint density at radius 1 is 1.18 bits per heavy atom. The predicted octanol–water partition coefficient (Wildman–Crippen LogP) is 3.79. The minimum atomic E-state index is 0.444. The number of nitrogen functional groups attached to an aromatic ring is 1. The second kappa shape index (κ2) is 8.20. The minimum Gasteiger partial charge on any atom is -0.476 e. The van der Waals surface area contributed by atoms with Gasteiger partial charge in [-0.3, -0.25) is 0 Å². The zero-order valence-electron chi connectivity index (χ0n) is 14.2. The Morgan fingerprint density at radius 3 is 2.64 bits per heavy atom. The van der Waals surface area contributed by atoms with Crippen molar-refractivity contribution in [2.75, 3.05) is 17.7 Å². The summed E-state index contributed by atoms with van der Waals surface area (Å²) in [6, 6.07) is 0.444. The van der Waals surface area contributed by atoms with Gasteiger partial charge in [0.25, 0.3) is 0 Å². The van der Waals surface area contributed by atoms with Gasteiger partial charge in [-0.15, -0.1) is 0 Å². The number of nitrogens with two attached hydrogens (primary N) is 1. The number of ether oxygens (including phenoxy) is 1. The molecule has 0 aromatic carbocycles. The number of hydrogen-bond donors (Lipinski definition) is 2. The summed E-state index contributed by atoms with van der Waals surface area (Å²) < 4.78 is 5.71. The normalized spacial score (nSPS) is 21.6. The average Bonchev–Trinajstić information content (AvgIpc) is 2.51. The van der Waals surface area contributed by atoms with Crippen molar-refractivity contribution in [3.8, 4) is 5.88 Å². The molecule has 0 bridgehead atoms. The van der Waals surface area contributed by atoms with Crippen LogP contribution in [0.3, 0.4) is 0 Å². The third-order valence-electron chi connectivity index (χ3n) is 4.31.